The Hall–Kier alpha value is -3.37. The van der Waals surface area contributed by atoms with Crippen LogP contribution in [-0.4, -0.2) is 27.8 Å². The summed E-state index contributed by atoms with van der Waals surface area (Å²) in [6.07, 6.45) is -2.67. The van der Waals surface area contributed by atoms with Gasteiger partial charge in [0.2, 0.25) is 5.75 Å². The molecule has 2 aromatic rings. The van der Waals surface area contributed by atoms with Crippen LogP contribution in [0.2, 0.25) is 0 Å². The summed E-state index contributed by atoms with van der Waals surface area (Å²) in [5.41, 5.74) is 1.17. The van der Waals surface area contributed by atoms with Gasteiger partial charge >= 0.3 is 11.9 Å². The Morgan fingerprint density at radius 3 is 2.69 bits per heavy atom. The summed E-state index contributed by atoms with van der Waals surface area (Å²) < 4.78 is 42.5. The molecule has 1 aromatic heterocycles. The first kappa shape index (κ1) is 19.0. The van der Waals surface area contributed by atoms with E-state index in [0.717, 1.165) is 18.2 Å². The first-order chi connectivity index (χ1) is 12.2. The van der Waals surface area contributed by atoms with Crippen LogP contribution in [0.4, 0.5) is 24.7 Å². The lowest BCUT2D eigenvalue weighted by molar-refractivity contribution is -0.386. The van der Waals surface area contributed by atoms with Gasteiger partial charge in [-0.15, -0.1) is 0 Å². The second-order valence-corrected chi connectivity index (χ2v) is 4.88. The van der Waals surface area contributed by atoms with E-state index < -0.39 is 28.1 Å². The van der Waals surface area contributed by atoms with Gasteiger partial charge in [0, 0.05) is 17.8 Å². The monoisotopic (exact) mass is 370 g/mol. The number of hydrazone groups is 1. The lowest BCUT2D eigenvalue weighted by Crippen LogP contribution is -2.05. The largest absolute Gasteiger partial charge is 0.500 e. The molecule has 0 radical (unpaired) electrons. The van der Waals surface area contributed by atoms with Crippen molar-refractivity contribution in [2.75, 3.05) is 12.0 Å². The van der Waals surface area contributed by atoms with Gasteiger partial charge in [-0.05, 0) is 25.1 Å². The molecule has 2 N–H and O–H groups in total. The topological polar surface area (TPSA) is 110 Å². The number of nitrogens with zero attached hydrogens (tertiary/aromatic N) is 3. The Morgan fingerprint density at radius 2 is 2.15 bits per heavy atom. The first-order valence-electron chi connectivity index (χ1n) is 7.19. The minimum atomic E-state index is -4.49. The molecule has 1 heterocycles. The molecule has 0 bridgehead atoms. The SMILES string of the molecule is CCOc1cc(/C=N\Nc2ccc(C(F)(F)F)cn2)cc([N+](=O)[O-])c1O. The number of nitrogens with one attached hydrogen (secondary N) is 1. The quantitative estimate of drug-likeness (QED) is 0.457. The lowest BCUT2D eigenvalue weighted by atomic mass is 10.2. The van der Waals surface area contributed by atoms with Crippen LogP contribution in [-0.2, 0) is 6.18 Å². The average Bonchev–Trinajstić information content (AvgIpc) is 2.57. The molecule has 11 heteroatoms. The van der Waals surface area contributed by atoms with Crippen molar-refractivity contribution in [1.29, 1.82) is 0 Å². The summed E-state index contributed by atoms with van der Waals surface area (Å²) in [6, 6.07) is 4.33. The minimum absolute atomic E-state index is 0.0487. The van der Waals surface area contributed by atoms with Crippen molar-refractivity contribution in [2.45, 2.75) is 13.1 Å². The van der Waals surface area contributed by atoms with Crippen LogP contribution in [0.25, 0.3) is 0 Å². The standard InChI is InChI=1S/C15H13F3N4O4/c1-2-26-12-6-9(5-11(14(12)23)22(24)25)7-20-21-13-4-3-10(8-19-13)15(16,17)18/h3-8,23H,2H2,1H3,(H,19,21)/b20-7-. The first-order valence-corrected chi connectivity index (χ1v) is 7.19. The van der Waals surface area contributed by atoms with E-state index in [0.29, 0.717) is 6.20 Å². The number of aromatic nitrogens is 1. The van der Waals surface area contributed by atoms with Gasteiger partial charge in [-0.2, -0.15) is 18.3 Å². The molecule has 8 nitrogen and oxygen atoms in total. The molecule has 0 saturated carbocycles. The molecule has 0 fully saturated rings. The maximum absolute atomic E-state index is 12.5. The number of nitro groups is 1. The molecule has 0 amide bonds. The van der Waals surface area contributed by atoms with Gasteiger partial charge in [-0.3, -0.25) is 15.5 Å². The number of ether oxygens (including phenoxy) is 1. The zero-order valence-corrected chi connectivity index (χ0v) is 13.3. The number of nitro benzene ring substituents is 1. The number of rotatable bonds is 6. The molecule has 26 heavy (non-hydrogen) atoms. The summed E-state index contributed by atoms with van der Waals surface area (Å²) in [6.45, 7) is 1.82. The zero-order chi connectivity index (χ0) is 19.3. The van der Waals surface area contributed by atoms with Gasteiger partial charge in [0.25, 0.3) is 0 Å². The van der Waals surface area contributed by atoms with E-state index in [1.165, 1.54) is 12.3 Å². The molecule has 138 valence electrons. The van der Waals surface area contributed by atoms with Crippen molar-refractivity contribution in [3.8, 4) is 11.5 Å². The smallest absolute Gasteiger partial charge is 0.417 e. The average molecular weight is 370 g/mol. The third-order valence-electron chi connectivity index (χ3n) is 3.06. The number of phenolic OH excluding ortho intramolecular Hbond substituents is 1. The van der Waals surface area contributed by atoms with Gasteiger partial charge in [-0.25, -0.2) is 4.98 Å². The molecule has 0 aliphatic heterocycles. The van der Waals surface area contributed by atoms with Crippen molar-refractivity contribution in [1.82, 2.24) is 4.98 Å². The van der Waals surface area contributed by atoms with Gasteiger partial charge in [0.05, 0.1) is 23.3 Å². The van der Waals surface area contributed by atoms with Crippen LogP contribution in [0.1, 0.15) is 18.1 Å². The number of benzene rings is 1. The van der Waals surface area contributed by atoms with Crippen LogP contribution >= 0.6 is 0 Å². The molecule has 0 saturated heterocycles. The summed E-state index contributed by atoms with van der Waals surface area (Å²) in [7, 11) is 0. The van der Waals surface area contributed by atoms with Gasteiger partial charge in [-0.1, -0.05) is 0 Å². The molecule has 0 unspecified atom stereocenters. The van der Waals surface area contributed by atoms with Crippen molar-refractivity contribution in [3.63, 3.8) is 0 Å². The van der Waals surface area contributed by atoms with Crippen LogP contribution in [0.3, 0.4) is 0 Å². The molecule has 0 spiro atoms. The molecule has 2 rings (SSSR count). The molecule has 1 aromatic carbocycles. The normalized spacial score (nSPS) is 11.5. The number of alkyl halides is 3. The van der Waals surface area contributed by atoms with Gasteiger partial charge < -0.3 is 9.84 Å². The second kappa shape index (κ2) is 7.68. The summed E-state index contributed by atoms with van der Waals surface area (Å²) in [4.78, 5) is 13.8. The second-order valence-electron chi connectivity index (χ2n) is 4.88. The fourth-order valence-electron chi connectivity index (χ4n) is 1.89. The van der Waals surface area contributed by atoms with Crippen LogP contribution in [0, 0.1) is 10.1 Å². The lowest BCUT2D eigenvalue weighted by Gasteiger charge is -2.07. The third-order valence-corrected chi connectivity index (χ3v) is 3.06. The number of hydrogen-bond acceptors (Lipinski definition) is 7. The number of halogens is 3. The highest BCUT2D eigenvalue weighted by molar-refractivity contribution is 5.83. The van der Waals surface area contributed by atoms with E-state index in [1.807, 2.05) is 0 Å². The molecular weight excluding hydrogens is 357 g/mol. The molecule has 0 atom stereocenters. The predicted octanol–water partition coefficient (Wildman–Crippen LogP) is 3.56. The highest BCUT2D eigenvalue weighted by Crippen LogP contribution is 2.36. The maximum atomic E-state index is 12.5. The summed E-state index contributed by atoms with van der Waals surface area (Å²) in [5, 5.41) is 24.5. The van der Waals surface area contributed by atoms with E-state index in [4.69, 9.17) is 4.74 Å². The Balaban J connectivity index is 2.18. The Bertz CT molecular complexity index is 823. The van der Waals surface area contributed by atoms with E-state index in [-0.39, 0.29) is 23.7 Å². The van der Waals surface area contributed by atoms with Crippen LogP contribution < -0.4 is 10.2 Å². The number of anilines is 1. The van der Waals surface area contributed by atoms with Crippen molar-refractivity contribution in [2.24, 2.45) is 5.10 Å². The van der Waals surface area contributed by atoms with Crippen molar-refractivity contribution < 1.29 is 27.9 Å². The van der Waals surface area contributed by atoms with Crippen LogP contribution in [0.5, 0.6) is 11.5 Å². The number of hydrogen-bond donors (Lipinski definition) is 2. The van der Waals surface area contributed by atoms with Gasteiger partial charge in [0.1, 0.15) is 5.82 Å². The van der Waals surface area contributed by atoms with Crippen molar-refractivity contribution >= 4 is 17.7 Å². The van der Waals surface area contributed by atoms with Crippen LogP contribution in [0.15, 0.2) is 35.6 Å². The van der Waals surface area contributed by atoms with E-state index in [9.17, 15) is 28.4 Å². The third kappa shape index (κ3) is 4.59. The zero-order valence-electron chi connectivity index (χ0n) is 13.3. The summed E-state index contributed by atoms with van der Waals surface area (Å²) >= 11 is 0. The fourth-order valence-corrected chi connectivity index (χ4v) is 1.89. The Kier molecular flexibility index (Phi) is 5.60. The number of phenols is 1. The maximum Gasteiger partial charge on any atom is 0.417 e. The Morgan fingerprint density at radius 1 is 1.42 bits per heavy atom. The molecular formula is C15H13F3N4O4. The molecule has 0 aliphatic rings. The highest BCUT2D eigenvalue weighted by Gasteiger charge is 2.30. The highest BCUT2D eigenvalue weighted by atomic mass is 19.4. The minimum Gasteiger partial charge on any atom is -0.500 e. The number of aromatic hydroxyl groups is 1. The summed E-state index contributed by atoms with van der Waals surface area (Å²) in [5.74, 6) is -0.644. The Labute approximate surface area is 145 Å². The van der Waals surface area contributed by atoms with Crippen molar-refractivity contribution in [3.05, 3.63) is 51.7 Å². The molecule has 0 aliphatic carbocycles. The fraction of sp³-hybridized carbons (Fsp3) is 0.200. The van der Waals surface area contributed by atoms with E-state index in [2.05, 4.69) is 15.5 Å². The predicted molar refractivity (Wildman–Crippen MR) is 86.4 cm³/mol. The number of pyridine rings is 1. The van der Waals surface area contributed by atoms with E-state index >= 15 is 0 Å². The van der Waals surface area contributed by atoms with E-state index in [1.54, 1.807) is 6.92 Å². The van der Waals surface area contributed by atoms with Gasteiger partial charge in [0.15, 0.2) is 5.75 Å².